The lowest BCUT2D eigenvalue weighted by molar-refractivity contribution is 0.865. The van der Waals surface area contributed by atoms with Crippen LogP contribution in [0.15, 0.2) is 24.4 Å². The number of aromatic nitrogens is 2. The van der Waals surface area contributed by atoms with Crippen molar-refractivity contribution in [3.63, 3.8) is 0 Å². The summed E-state index contributed by atoms with van der Waals surface area (Å²) in [4.78, 5) is 4.30. The van der Waals surface area contributed by atoms with E-state index < -0.39 is 0 Å². The zero-order chi connectivity index (χ0) is 11.7. The summed E-state index contributed by atoms with van der Waals surface area (Å²) in [5.41, 5.74) is 10.3. The summed E-state index contributed by atoms with van der Waals surface area (Å²) in [6.45, 7) is 4.12. The molecule has 1 heterocycles. The van der Waals surface area contributed by atoms with Crippen molar-refractivity contribution in [1.29, 1.82) is 0 Å². The minimum atomic E-state index is 0.866. The van der Waals surface area contributed by atoms with Crippen molar-refractivity contribution in [2.45, 2.75) is 20.3 Å². The lowest BCUT2D eigenvalue weighted by Crippen LogP contribution is -1.97. The molecule has 0 atom stereocenters. The van der Waals surface area contributed by atoms with Gasteiger partial charge in [0, 0.05) is 18.3 Å². The number of hydrogen-bond acceptors (Lipinski definition) is 2. The van der Waals surface area contributed by atoms with E-state index in [1.807, 2.05) is 32.3 Å². The van der Waals surface area contributed by atoms with Gasteiger partial charge in [0.25, 0.3) is 0 Å². The Balaban J connectivity index is 2.52. The van der Waals surface area contributed by atoms with Crippen molar-refractivity contribution >= 4 is 5.69 Å². The van der Waals surface area contributed by atoms with Crippen molar-refractivity contribution in [2.24, 2.45) is 7.05 Å². The second kappa shape index (κ2) is 4.00. The zero-order valence-corrected chi connectivity index (χ0v) is 9.99. The summed E-state index contributed by atoms with van der Waals surface area (Å²) in [5.74, 6) is 1.02. The highest BCUT2D eigenvalue weighted by molar-refractivity contribution is 5.65. The molecule has 2 rings (SSSR count). The minimum absolute atomic E-state index is 0.866. The van der Waals surface area contributed by atoms with Gasteiger partial charge in [-0.05, 0) is 31.0 Å². The second-order valence-corrected chi connectivity index (χ2v) is 4.02. The third-order valence-corrected chi connectivity index (χ3v) is 3.04. The summed E-state index contributed by atoms with van der Waals surface area (Å²) < 4.78 is 2.09. The molecule has 1 aromatic carbocycles. The Bertz CT molecular complexity index is 512. The zero-order valence-electron chi connectivity index (χ0n) is 9.99. The van der Waals surface area contributed by atoms with Crippen LogP contribution in [0.5, 0.6) is 0 Å². The highest BCUT2D eigenvalue weighted by Crippen LogP contribution is 2.24. The first-order valence-electron chi connectivity index (χ1n) is 5.50. The molecule has 16 heavy (non-hydrogen) atoms. The molecule has 0 aliphatic rings. The number of hydrogen-bond donors (Lipinski definition) is 1. The van der Waals surface area contributed by atoms with Crippen LogP contribution in [-0.2, 0) is 13.5 Å². The fraction of sp³-hybridized carbons (Fsp3) is 0.308. The number of rotatable bonds is 2. The Labute approximate surface area is 95.9 Å². The molecule has 0 aliphatic heterocycles. The molecule has 3 nitrogen and oxygen atoms in total. The summed E-state index contributed by atoms with van der Waals surface area (Å²) in [6, 6.07) is 6.16. The Morgan fingerprint density at radius 3 is 2.69 bits per heavy atom. The molecule has 3 heteroatoms. The van der Waals surface area contributed by atoms with Crippen molar-refractivity contribution in [2.75, 3.05) is 5.73 Å². The molecule has 0 unspecified atom stereocenters. The van der Waals surface area contributed by atoms with Gasteiger partial charge in [0.2, 0.25) is 0 Å². The van der Waals surface area contributed by atoms with Gasteiger partial charge < -0.3 is 10.3 Å². The van der Waals surface area contributed by atoms with Crippen molar-refractivity contribution in [1.82, 2.24) is 9.55 Å². The van der Waals surface area contributed by atoms with Gasteiger partial charge in [0.05, 0.1) is 11.9 Å². The average molecular weight is 215 g/mol. The minimum Gasteiger partial charge on any atom is -0.399 e. The van der Waals surface area contributed by atoms with Crippen molar-refractivity contribution < 1.29 is 0 Å². The number of nitrogen functional groups attached to an aromatic ring is 1. The summed E-state index contributed by atoms with van der Waals surface area (Å²) >= 11 is 0. The van der Waals surface area contributed by atoms with Crippen LogP contribution < -0.4 is 5.73 Å². The average Bonchev–Trinajstić information content (AvgIpc) is 2.61. The number of benzene rings is 1. The van der Waals surface area contributed by atoms with Crippen LogP contribution in [0.4, 0.5) is 5.69 Å². The molecule has 84 valence electrons. The topological polar surface area (TPSA) is 43.8 Å². The Hall–Kier alpha value is -1.77. The molecular weight excluding hydrogens is 198 g/mol. The quantitative estimate of drug-likeness (QED) is 0.782. The van der Waals surface area contributed by atoms with Gasteiger partial charge in [-0.25, -0.2) is 4.98 Å². The Morgan fingerprint density at radius 1 is 1.38 bits per heavy atom. The number of imidazole rings is 1. The van der Waals surface area contributed by atoms with E-state index >= 15 is 0 Å². The Morgan fingerprint density at radius 2 is 2.12 bits per heavy atom. The molecule has 2 N–H and O–H groups in total. The molecule has 0 bridgehead atoms. The largest absolute Gasteiger partial charge is 0.399 e. The maximum Gasteiger partial charge on any atom is 0.105 e. The fourth-order valence-corrected chi connectivity index (χ4v) is 1.84. The van der Waals surface area contributed by atoms with E-state index in [1.54, 1.807) is 0 Å². The molecule has 0 aliphatic carbocycles. The Kier molecular flexibility index (Phi) is 2.69. The first-order chi connectivity index (χ1) is 7.63. The van der Waals surface area contributed by atoms with E-state index in [0.717, 1.165) is 23.6 Å². The van der Waals surface area contributed by atoms with Crippen LogP contribution in [0.2, 0.25) is 0 Å². The second-order valence-electron chi connectivity index (χ2n) is 4.02. The van der Waals surface area contributed by atoms with Gasteiger partial charge in [-0.15, -0.1) is 0 Å². The van der Waals surface area contributed by atoms with Gasteiger partial charge in [-0.1, -0.05) is 13.0 Å². The summed E-state index contributed by atoms with van der Waals surface area (Å²) in [5, 5.41) is 0. The number of aryl methyl sites for hydroxylation is 2. The first-order valence-corrected chi connectivity index (χ1v) is 5.50. The molecule has 0 spiro atoms. The number of nitrogens with zero attached hydrogens (tertiary/aromatic N) is 2. The van der Waals surface area contributed by atoms with Crippen LogP contribution in [0.25, 0.3) is 11.3 Å². The molecule has 0 saturated carbocycles. The van der Waals surface area contributed by atoms with Gasteiger partial charge >= 0.3 is 0 Å². The predicted octanol–water partition coefficient (Wildman–Crippen LogP) is 2.54. The normalized spacial score (nSPS) is 10.7. The molecule has 0 radical (unpaired) electrons. The van der Waals surface area contributed by atoms with Crippen LogP contribution >= 0.6 is 0 Å². The van der Waals surface area contributed by atoms with Crippen LogP contribution in [0, 0.1) is 6.92 Å². The van der Waals surface area contributed by atoms with Gasteiger partial charge in [-0.3, -0.25) is 0 Å². The van der Waals surface area contributed by atoms with E-state index in [1.165, 1.54) is 11.1 Å². The SMILES string of the molecule is CCc1cc(-c2cnc(C)n2C)ccc1N. The first kappa shape index (κ1) is 10.7. The lowest BCUT2D eigenvalue weighted by Gasteiger charge is -2.08. The number of anilines is 1. The highest BCUT2D eigenvalue weighted by atomic mass is 15.0. The van der Waals surface area contributed by atoms with E-state index in [4.69, 9.17) is 5.73 Å². The van der Waals surface area contributed by atoms with Crippen LogP contribution in [-0.4, -0.2) is 9.55 Å². The predicted molar refractivity (Wildman–Crippen MR) is 67.2 cm³/mol. The molecule has 0 amide bonds. The van der Waals surface area contributed by atoms with Gasteiger partial charge in [-0.2, -0.15) is 0 Å². The smallest absolute Gasteiger partial charge is 0.105 e. The van der Waals surface area contributed by atoms with Crippen LogP contribution in [0.1, 0.15) is 18.3 Å². The van der Waals surface area contributed by atoms with E-state index in [0.29, 0.717) is 0 Å². The molecule has 2 aromatic rings. The fourth-order valence-electron chi connectivity index (χ4n) is 1.84. The van der Waals surface area contributed by atoms with E-state index in [9.17, 15) is 0 Å². The van der Waals surface area contributed by atoms with Crippen LogP contribution in [0.3, 0.4) is 0 Å². The third-order valence-electron chi connectivity index (χ3n) is 3.04. The third kappa shape index (κ3) is 1.69. The van der Waals surface area contributed by atoms with Crippen molar-refractivity contribution in [3.05, 3.63) is 35.8 Å². The summed E-state index contributed by atoms with van der Waals surface area (Å²) in [6.07, 6.45) is 2.86. The maximum atomic E-state index is 5.90. The van der Waals surface area contributed by atoms with Gasteiger partial charge in [0.15, 0.2) is 0 Å². The summed E-state index contributed by atoms with van der Waals surface area (Å²) in [7, 11) is 2.03. The van der Waals surface area contributed by atoms with E-state index in [2.05, 4.69) is 22.5 Å². The van der Waals surface area contributed by atoms with Crippen molar-refractivity contribution in [3.8, 4) is 11.3 Å². The lowest BCUT2D eigenvalue weighted by atomic mass is 10.0. The molecule has 1 aromatic heterocycles. The van der Waals surface area contributed by atoms with Gasteiger partial charge in [0.1, 0.15) is 5.82 Å². The highest BCUT2D eigenvalue weighted by Gasteiger charge is 2.07. The maximum absolute atomic E-state index is 5.90. The van der Waals surface area contributed by atoms with E-state index in [-0.39, 0.29) is 0 Å². The molecule has 0 saturated heterocycles. The molecular formula is C13H17N3. The molecule has 0 fully saturated rings. The monoisotopic (exact) mass is 215 g/mol. The number of nitrogens with two attached hydrogens (primary N) is 1. The standard InChI is InChI=1S/C13H17N3/c1-4-10-7-11(5-6-12(10)14)13-8-15-9(2)16(13)3/h5-8H,4,14H2,1-3H3.